The van der Waals surface area contributed by atoms with Gasteiger partial charge < -0.3 is 20.1 Å². The summed E-state index contributed by atoms with van der Waals surface area (Å²) in [5, 5.41) is 4.91. The Hall–Kier alpha value is -3.23. The van der Waals surface area contributed by atoms with Crippen LogP contribution in [0.3, 0.4) is 0 Å². The zero-order chi connectivity index (χ0) is 19.9. The second-order valence-electron chi connectivity index (χ2n) is 5.44. The number of anilines is 1. The van der Waals surface area contributed by atoms with Crippen molar-refractivity contribution in [1.82, 2.24) is 5.32 Å². The van der Waals surface area contributed by atoms with E-state index in [2.05, 4.69) is 15.4 Å². The molecular weight excluding hydrogens is 365 g/mol. The predicted molar refractivity (Wildman–Crippen MR) is 91.2 cm³/mol. The number of nitrogens with one attached hydrogen (secondary N) is 2. The lowest BCUT2D eigenvalue weighted by Crippen LogP contribution is -2.45. The zero-order valence-electron chi connectivity index (χ0n) is 14.2. The summed E-state index contributed by atoms with van der Waals surface area (Å²) in [6.45, 7) is 0. The van der Waals surface area contributed by atoms with E-state index in [0.29, 0.717) is 0 Å². The summed E-state index contributed by atoms with van der Waals surface area (Å²) in [5.41, 5.74) is 1.05. The number of methoxy groups -OCH3 is 1. The van der Waals surface area contributed by atoms with Gasteiger partial charge in [-0.25, -0.2) is 9.59 Å². The van der Waals surface area contributed by atoms with Crippen LogP contribution in [0.15, 0.2) is 54.6 Å². The highest BCUT2D eigenvalue weighted by atomic mass is 19.4. The van der Waals surface area contributed by atoms with Crippen LogP contribution in [0.25, 0.3) is 0 Å². The minimum atomic E-state index is -4.79. The molecule has 0 spiro atoms. The lowest BCUT2D eigenvalue weighted by atomic mass is 10.1. The molecule has 0 aliphatic heterocycles. The molecular formula is C18H17F3N2O4. The van der Waals surface area contributed by atoms with E-state index in [-0.39, 0.29) is 12.1 Å². The number of benzene rings is 2. The normalized spacial score (nSPS) is 12.0. The standard InChI is InChI=1S/C18H17F3N2O4/c1-26-16(24)15(11-12-5-3-2-4-6-12)23-17(25)22-13-7-9-14(10-8-13)27-18(19,20)21/h2-10,15H,11H2,1H3,(H2,22,23,25)/t15-/m1/s1. The van der Waals surface area contributed by atoms with Crippen molar-refractivity contribution in [2.24, 2.45) is 0 Å². The smallest absolute Gasteiger partial charge is 0.467 e. The van der Waals surface area contributed by atoms with Crippen LogP contribution in [0.2, 0.25) is 0 Å². The Morgan fingerprint density at radius 3 is 2.22 bits per heavy atom. The Labute approximate surface area is 153 Å². The van der Waals surface area contributed by atoms with Crippen molar-refractivity contribution in [3.8, 4) is 5.75 Å². The van der Waals surface area contributed by atoms with Gasteiger partial charge in [-0.05, 0) is 29.8 Å². The van der Waals surface area contributed by atoms with Gasteiger partial charge in [0.15, 0.2) is 0 Å². The van der Waals surface area contributed by atoms with Crippen molar-refractivity contribution in [2.45, 2.75) is 18.8 Å². The number of hydrogen-bond acceptors (Lipinski definition) is 4. The van der Waals surface area contributed by atoms with Crippen molar-refractivity contribution in [2.75, 3.05) is 12.4 Å². The molecule has 0 aliphatic carbocycles. The first-order chi connectivity index (χ1) is 12.8. The molecule has 0 aliphatic rings. The highest BCUT2D eigenvalue weighted by Gasteiger charge is 2.31. The average Bonchev–Trinajstić information content (AvgIpc) is 2.62. The molecule has 9 heteroatoms. The predicted octanol–water partition coefficient (Wildman–Crippen LogP) is 3.49. The van der Waals surface area contributed by atoms with Gasteiger partial charge >= 0.3 is 18.4 Å². The fourth-order valence-electron chi connectivity index (χ4n) is 2.25. The van der Waals surface area contributed by atoms with Gasteiger partial charge in [0.25, 0.3) is 0 Å². The van der Waals surface area contributed by atoms with Gasteiger partial charge in [0, 0.05) is 12.1 Å². The van der Waals surface area contributed by atoms with Crippen LogP contribution in [0.4, 0.5) is 23.7 Å². The molecule has 2 amide bonds. The number of carbonyl (C=O) groups is 2. The number of hydrogen-bond donors (Lipinski definition) is 2. The second-order valence-corrected chi connectivity index (χ2v) is 5.44. The van der Waals surface area contributed by atoms with Gasteiger partial charge in [-0.15, -0.1) is 13.2 Å². The van der Waals surface area contributed by atoms with Crippen molar-refractivity contribution >= 4 is 17.7 Å². The van der Waals surface area contributed by atoms with Gasteiger partial charge in [0.2, 0.25) is 0 Å². The quantitative estimate of drug-likeness (QED) is 0.750. The van der Waals surface area contributed by atoms with E-state index in [9.17, 15) is 22.8 Å². The first kappa shape index (κ1) is 20.1. The summed E-state index contributed by atoms with van der Waals surface area (Å²) in [5.74, 6) is -1.03. The summed E-state index contributed by atoms with van der Waals surface area (Å²) in [6.07, 6.45) is -4.57. The number of urea groups is 1. The van der Waals surface area contributed by atoms with Gasteiger partial charge in [-0.2, -0.15) is 0 Å². The first-order valence-corrected chi connectivity index (χ1v) is 7.82. The Bertz CT molecular complexity index is 764. The molecule has 2 N–H and O–H groups in total. The van der Waals surface area contributed by atoms with E-state index >= 15 is 0 Å². The Balaban J connectivity index is 1.97. The molecule has 0 aromatic heterocycles. The van der Waals surface area contributed by atoms with Crippen molar-refractivity contribution in [3.05, 3.63) is 60.2 Å². The maximum Gasteiger partial charge on any atom is 0.573 e. The minimum Gasteiger partial charge on any atom is -0.467 e. The molecule has 0 saturated heterocycles. The van der Waals surface area contributed by atoms with Gasteiger partial charge in [0.1, 0.15) is 11.8 Å². The minimum absolute atomic E-state index is 0.222. The summed E-state index contributed by atoms with van der Waals surface area (Å²) in [7, 11) is 1.21. The molecule has 144 valence electrons. The lowest BCUT2D eigenvalue weighted by Gasteiger charge is -2.17. The maximum atomic E-state index is 12.1. The molecule has 27 heavy (non-hydrogen) atoms. The molecule has 0 fully saturated rings. The van der Waals surface area contributed by atoms with E-state index in [1.807, 2.05) is 6.07 Å². The molecule has 6 nitrogen and oxygen atoms in total. The number of ether oxygens (including phenoxy) is 2. The van der Waals surface area contributed by atoms with Gasteiger partial charge in [0.05, 0.1) is 7.11 Å². The SMILES string of the molecule is COC(=O)[C@@H](Cc1ccccc1)NC(=O)Nc1ccc(OC(F)(F)F)cc1. The topological polar surface area (TPSA) is 76.7 Å². The van der Waals surface area contributed by atoms with Crippen LogP contribution in [-0.2, 0) is 16.0 Å². The molecule has 0 bridgehead atoms. The number of halogens is 3. The first-order valence-electron chi connectivity index (χ1n) is 7.82. The van der Waals surface area contributed by atoms with Crippen molar-refractivity contribution in [3.63, 3.8) is 0 Å². The van der Waals surface area contributed by atoms with Gasteiger partial charge in [-0.3, -0.25) is 0 Å². The molecule has 2 rings (SSSR count). The fourth-order valence-corrected chi connectivity index (χ4v) is 2.25. The molecule has 0 heterocycles. The average molecular weight is 382 g/mol. The van der Waals surface area contributed by atoms with Crippen LogP contribution < -0.4 is 15.4 Å². The van der Waals surface area contributed by atoms with Crippen molar-refractivity contribution in [1.29, 1.82) is 0 Å². The van der Waals surface area contributed by atoms with E-state index in [4.69, 9.17) is 4.74 Å². The summed E-state index contributed by atoms with van der Waals surface area (Å²) < 4.78 is 44.9. The molecule has 0 unspecified atom stereocenters. The third-order valence-corrected chi connectivity index (χ3v) is 3.42. The number of alkyl halides is 3. The van der Waals surface area contributed by atoms with Crippen molar-refractivity contribution < 1.29 is 32.2 Å². The highest BCUT2D eigenvalue weighted by molar-refractivity contribution is 5.92. The summed E-state index contributed by atoms with van der Waals surface area (Å²) >= 11 is 0. The maximum absolute atomic E-state index is 12.1. The Kier molecular flexibility index (Phi) is 6.64. The van der Waals surface area contributed by atoms with E-state index in [1.165, 1.54) is 19.2 Å². The van der Waals surface area contributed by atoms with Crippen LogP contribution in [0, 0.1) is 0 Å². The van der Waals surface area contributed by atoms with Crippen LogP contribution in [0.1, 0.15) is 5.56 Å². The van der Waals surface area contributed by atoms with Gasteiger partial charge in [-0.1, -0.05) is 30.3 Å². The molecule has 1 atom stereocenters. The fraction of sp³-hybridized carbons (Fsp3) is 0.222. The Morgan fingerprint density at radius 1 is 1.04 bits per heavy atom. The highest BCUT2D eigenvalue weighted by Crippen LogP contribution is 2.23. The third-order valence-electron chi connectivity index (χ3n) is 3.42. The van der Waals surface area contributed by atoms with Crippen LogP contribution in [0.5, 0.6) is 5.75 Å². The molecule has 2 aromatic carbocycles. The second kappa shape index (κ2) is 8.93. The number of esters is 1. The van der Waals surface area contributed by atoms with E-state index in [0.717, 1.165) is 17.7 Å². The summed E-state index contributed by atoms with van der Waals surface area (Å²) in [6, 6.07) is 12.0. The molecule has 0 radical (unpaired) electrons. The summed E-state index contributed by atoms with van der Waals surface area (Å²) in [4.78, 5) is 24.0. The lowest BCUT2D eigenvalue weighted by molar-refractivity contribution is -0.274. The van der Waals surface area contributed by atoms with Crippen LogP contribution in [-0.4, -0.2) is 31.5 Å². The monoisotopic (exact) mass is 382 g/mol. The Morgan fingerprint density at radius 2 is 1.67 bits per heavy atom. The van der Waals surface area contributed by atoms with E-state index in [1.54, 1.807) is 24.3 Å². The third kappa shape index (κ3) is 6.89. The largest absolute Gasteiger partial charge is 0.573 e. The van der Waals surface area contributed by atoms with E-state index < -0.39 is 30.2 Å². The molecule has 2 aromatic rings. The number of rotatable bonds is 6. The van der Waals surface area contributed by atoms with Crippen LogP contribution >= 0.6 is 0 Å². The number of carbonyl (C=O) groups excluding carboxylic acids is 2. The molecule has 0 saturated carbocycles. The number of amides is 2. The zero-order valence-corrected chi connectivity index (χ0v) is 14.2.